The smallest absolute Gasteiger partial charge is 0.309 e. The molecule has 2 aliphatic carbocycles. The van der Waals surface area contributed by atoms with Crippen molar-refractivity contribution in [3.05, 3.63) is 0 Å². The Hall–Kier alpha value is -1.06. The van der Waals surface area contributed by atoms with E-state index in [1.807, 2.05) is 6.92 Å². The fraction of sp³-hybridized carbons (Fsp3) is 0.923. The van der Waals surface area contributed by atoms with Crippen LogP contribution in [0, 0.1) is 46.8 Å². The number of rotatable bonds is 9. The molecule has 0 aliphatic heterocycles. The highest BCUT2D eigenvalue weighted by atomic mass is 16.5. The van der Waals surface area contributed by atoms with Crippen molar-refractivity contribution in [3.8, 4) is 0 Å². The predicted octanol–water partition coefficient (Wildman–Crippen LogP) is 6.57. The summed E-state index contributed by atoms with van der Waals surface area (Å²) in [4.78, 5) is 24.6. The Balaban J connectivity index is 2.02. The molecule has 174 valence electrons. The van der Waals surface area contributed by atoms with Gasteiger partial charge >= 0.3 is 11.9 Å². The monoisotopic (exact) mass is 422 g/mol. The largest absolute Gasteiger partial charge is 0.481 e. The molecule has 2 fully saturated rings. The number of carbonyl (C=O) groups excluding carboxylic acids is 1. The molecule has 2 aliphatic rings. The second-order valence-corrected chi connectivity index (χ2v) is 10.9. The van der Waals surface area contributed by atoms with Crippen molar-refractivity contribution in [2.45, 2.75) is 99.3 Å². The van der Waals surface area contributed by atoms with Gasteiger partial charge in [-0.15, -0.1) is 0 Å². The summed E-state index contributed by atoms with van der Waals surface area (Å²) >= 11 is 0. The molecule has 0 aromatic heterocycles. The quantitative estimate of drug-likeness (QED) is 0.337. The fourth-order valence-corrected chi connectivity index (χ4v) is 6.42. The zero-order valence-corrected chi connectivity index (χ0v) is 20.3. The van der Waals surface area contributed by atoms with Crippen molar-refractivity contribution >= 4 is 11.9 Å². The summed E-state index contributed by atoms with van der Waals surface area (Å²) in [6, 6.07) is 0. The Labute approximate surface area is 184 Å². The number of ether oxygens (including phenoxy) is 1. The minimum absolute atomic E-state index is 0.0390. The molecule has 0 spiro atoms. The van der Waals surface area contributed by atoms with Gasteiger partial charge in [-0.3, -0.25) is 9.59 Å². The first-order chi connectivity index (χ1) is 14.1. The first-order valence-electron chi connectivity index (χ1n) is 12.5. The third-order valence-corrected chi connectivity index (χ3v) is 8.97. The van der Waals surface area contributed by atoms with E-state index < -0.39 is 17.8 Å². The van der Waals surface area contributed by atoms with Crippen molar-refractivity contribution in [2.24, 2.45) is 46.8 Å². The number of esters is 1. The van der Waals surface area contributed by atoms with Crippen LogP contribution in [0.3, 0.4) is 0 Å². The molecule has 0 aromatic carbocycles. The van der Waals surface area contributed by atoms with Gasteiger partial charge in [0.1, 0.15) is 0 Å². The molecule has 7 atom stereocenters. The van der Waals surface area contributed by atoms with Crippen molar-refractivity contribution in [3.63, 3.8) is 0 Å². The number of aliphatic carboxylic acids is 1. The van der Waals surface area contributed by atoms with Gasteiger partial charge in [-0.1, -0.05) is 67.2 Å². The standard InChI is InChI=1S/C26H46O4/c1-7-8-9-13-22-19(5)20(14-15-26(22,6)17(2)3)16-30-25(29)21-12-10-11-18(4)23(21)24(27)28/h17-23H,7-16H2,1-6H3,(H,27,28). The maximum Gasteiger partial charge on any atom is 0.309 e. The zero-order chi connectivity index (χ0) is 22.5. The number of hydrogen-bond acceptors (Lipinski definition) is 3. The van der Waals surface area contributed by atoms with Crippen LogP contribution >= 0.6 is 0 Å². The van der Waals surface area contributed by atoms with E-state index in [2.05, 4.69) is 34.6 Å². The van der Waals surface area contributed by atoms with Crippen LogP contribution in [0.25, 0.3) is 0 Å². The molecule has 0 radical (unpaired) electrons. The topological polar surface area (TPSA) is 63.6 Å². The normalized spacial score (nSPS) is 37.2. The Morgan fingerprint density at radius 3 is 2.43 bits per heavy atom. The SMILES string of the molecule is CCCCCC1C(C)C(COC(=O)C2CCCC(C)C2C(=O)O)CCC1(C)C(C)C. The van der Waals surface area contributed by atoms with Crippen molar-refractivity contribution in [1.82, 2.24) is 0 Å². The predicted molar refractivity (Wildman–Crippen MR) is 121 cm³/mol. The third-order valence-electron chi connectivity index (χ3n) is 8.97. The van der Waals surface area contributed by atoms with Crippen LogP contribution in [0.5, 0.6) is 0 Å². The van der Waals surface area contributed by atoms with Crippen LogP contribution in [0.4, 0.5) is 0 Å². The highest BCUT2D eigenvalue weighted by Crippen LogP contribution is 2.53. The van der Waals surface area contributed by atoms with Gasteiger partial charge in [-0.2, -0.15) is 0 Å². The van der Waals surface area contributed by atoms with Crippen LogP contribution in [-0.2, 0) is 14.3 Å². The molecule has 0 aromatic rings. The van der Waals surface area contributed by atoms with Gasteiger partial charge in [-0.05, 0) is 67.1 Å². The molecule has 2 rings (SSSR count). The van der Waals surface area contributed by atoms with E-state index in [0.29, 0.717) is 42.1 Å². The maximum atomic E-state index is 12.9. The van der Waals surface area contributed by atoms with E-state index in [0.717, 1.165) is 19.3 Å². The van der Waals surface area contributed by atoms with Gasteiger partial charge in [0, 0.05) is 0 Å². The highest BCUT2D eigenvalue weighted by molar-refractivity contribution is 5.81. The maximum absolute atomic E-state index is 12.9. The lowest BCUT2D eigenvalue weighted by atomic mass is 9.54. The second-order valence-electron chi connectivity index (χ2n) is 10.9. The summed E-state index contributed by atoms with van der Waals surface area (Å²) in [6.45, 7) is 14.2. The van der Waals surface area contributed by atoms with E-state index >= 15 is 0 Å². The summed E-state index contributed by atoms with van der Waals surface area (Å²) in [7, 11) is 0. The minimum atomic E-state index is -0.848. The first-order valence-corrected chi connectivity index (χ1v) is 12.5. The van der Waals surface area contributed by atoms with Gasteiger partial charge in [0.25, 0.3) is 0 Å². The fourth-order valence-electron chi connectivity index (χ4n) is 6.42. The molecule has 2 saturated carbocycles. The third kappa shape index (κ3) is 5.59. The molecule has 0 amide bonds. The summed E-state index contributed by atoms with van der Waals surface area (Å²) in [5, 5.41) is 9.63. The second kappa shape index (κ2) is 11.0. The number of hydrogen-bond donors (Lipinski definition) is 1. The van der Waals surface area contributed by atoms with Gasteiger partial charge in [-0.25, -0.2) is 0 Å². The van der Waals surface area contributed by atoms with Gasteiger partial charge in [0.05, 0.1) is 18.4 Å². The summed E-state index contributed by atoms with van der Waals surface area (Å²) in [5.41, 5.74) is 0.348. The average Bonchev–Trinajstić information content (AvgIpc) is 2.69. The number of unbranched alkanes of at least 4 members (excludes halogenated alkanes) is 2. The van der Waals surface area contributed by atoms with E-state index in [9.17, 15) is 14.7 Å². The lowest BCUT2D eigenvalue weighted by molar-refractivity contribution is -0.164. The molecule has 0 heterocycles. The number of carbonyl (C=O) groups is 2. The van der Waals surface area contributed by atoms with Crippen LogP contribution in [0.2, 0.25) is 0 Å². The lowest BCUT2D eigenvalue weighted by Crippen LogP contribution is -2.45. The van der Waals surface area contributed by atoms with Gasteiger partial charge in [0.2, 0.25) is 0 Å². The molecule has 0 bridgehead atoms. The Bertz CT molecular complexity index is 571. The van der Waals surface area contributed by atoms with Crippen molar-refractivity contribution < 1.29 is 19.4 Å². The Morgan fingerprint density at radius 1 is 1.13 bits per heavy atom. The molecule has 4 nitrogen and oxygen atoms in total. The van der Waals surface area contributed by atoms with Gasteiger partial charge < -0.3 is 9.84 Å². The van der Waals surface area contributed by atoms with Crippen LogP contribution in [-0.4, -0.2) is 23.7 Å². The summed E-state index contributed by atoms with van der Waals surface area (Å²) in [5.74, 6) is 0.0514. The van der Waals surface area contributed by atoms with E-state index in [-0.39, 0.29) is 11.9 Å². The van der Waals surface area contributed by atoms with Crippen molar-refractivity contribution in [2.75, 3.05) is 6.61 Å². The minimum Gasteiger partial charge on any atom is -0.481 e. The van der Waals surface area contributed by atoms with E-state index in [1.165, 1.54) is 32.1 Å². The Kier molecular flexibility index (Phi) is 9.24. The lowest BCUT2D eigenvalue weighted by Gasteiger charge is -2.51. The number of carboxylic acid groups (broad SMARTS) is 1. The first kappa shape index (κ1) is 25.2. The molecule has 7 unspecified atom stereocenters. The average molecular weight is 423 g/mol. The summed E-state index contributed by atoms with van der Waals surface area (Å²) < 4.78 is 5.82. The van der Waals surface area contributed by atoms with Crippen molar-refractivity contribution in [1.29, 1.82) is 0 Å². The molecule has 0 saturated heterocycles. The van der Waals surface area contributed by atoms with E-state index in [1.54, 1.807) is 0 Å². The molecule has 30 heavy (non-hydrogen) atoms. The molecular formula is C26H46O4. The number of carboxylic acids is 1. The summed E-state index contributed by atoms with van der Waals surface area (Å²) in [6.07, 6.45) is 9.79. The van der Waals surface area contributed by atoms with Crippen LogP contribution < -0.4 is 0 Å². The molecule has 1 N–H and O–H groups in total. The van der Waals surface area contributed by atoms with Crippen LogP contribution in [0.15, 0.2) is 0 Å². The highest BCUT2D eigenvalue weighted by Gasteiger charge is 2.46. The van der Waals surface area contributed by atoms with Gasteiger partial charge in [0.15, 0.2) is 0 Å². The molecule has 4 heteroatoms. The van der Waals surface area contributed by atoms with Crippen LogP contribution in [0.1, 0.15) is 99.3 Å². The zero-order valence-electron chi connectivity index (χ0n) is 20.3. The Morgan fingerprint density at radius 2 is 1.83 bits per heavy atom. The molecular weight excluding hydrogens is 376 g/mol. The van der Waals surface area contributed by atoms with E-state index in [4.69, 9.17) is 4.74 Å².